The Morgan fingerprint density at radius 3 is 2.64 bits per heavy atom. The summed E-state index contributed by atoms with van der Waals surface area (Å²) in [7, 11) is 0. The number of hydrogen-bond acceptors (Lipinski definition) is 3. The van der Waals surface area contributed by atoms with Crippen LogP contribution in [0.5, 0.6) is 0 Å². The minimum Gasteiger partial charge on any atom is -0.356 e. The Morgan fingerprint density at radius 2 is 1.96 bits per heavy atom. The molecule has 0 aromatic heterocycles. The first-order valence-corrected chi connectivity index (χ1v) is 9.88. The molecule has 2 heterocycles. The van der Waals surface area contributed by atoms with Gasteiger partial charge in [0.25, 0.3) is 0 Å². The summed E-state index contributed by atoms with van der Waals surface area (Å²) < 4.78 is 0. The van der Waals surface area contributed by atoms with Crippen molar-refractivity contribution in [1.29, 1.82) is 0 Å². The van der Waals surface area contributed by atoms with E-state index in [9.17, 15) is 9.59 Å². The van der Waals surface area contributed by atoms with E-state index in [0.717, 1.165) is 51.9 Å². The lowest BCUT2D eigenvalue weighted by Crippen LogP contribution is -2.47. The SMILES string of the molecule is CC(C)CNC(=O)N1CCCC(CC(=O)NCC2(C)CCNCC2)C1. The zero-order chi connectivity index (χ0) is 18.3. The van der Waals surface area contributed by atoms with Crippen molar-refractivity contribution in [1.82, 2.24) is 20.9 Å². The number of carbonyl (C=O) groups excluding carboxylic acids is 2. The van der Waals surface area contributed by atoms with Crippen molar-refractivity contribution in [2.24, 2.45) is 17.3 Å². The van der Waals surface area contributed by atoms with Crippen molar-refractivity contribution in [2.75, 3.05) is 39.3 Å². The molecule has 0 radical (unpaired) electrons. The Labute approximate surface area is 152 Å². The van der Waals surface area contributed by atoms with E-state index in [-0.39, 0.29) is 23.3 Å². The Bertz CT molecular complexity index is 447. The zero-order valence-corrected chi connectivity index (χ0v) is 16.2. The first-order chi connectivity index (χ1) is 11.9. The number of piperidine rings is 2. The number of urea groups is 1. The molecule has 25 heavy (non-hydrogen) atoms. The van der Waals surface area contributed by atoms with Crippen molar-refractivity contribution in [3.05, 3.63) is 0 Å². The second-order valence-electron chi connectivity index (χ2n) is 8.58. The molecule has 0 saturated carbocycles. The highest BCUT2D eigenvalue weighted by Gasteiger charge is 2.29. The maximum absolute atomic E-state index is 12.3. The molecule has 3 amide bonds. The lowest BCUT2D eigenvalue weighted by molar-refractivity contribution is -0.122. The fourth-order valence-corrected chi connectivity index (χ4v) is 3.67. The van der Waals surface area contributed by atoms with Crippen molar-refractivity contribution < 1.29 is 9.59 Å². The molecular weight excluding hydrogens is 316 g/mol. The standard InChI is InChI=1S/C19H36N4O2/c1-15(2)12-21-18(25)23-10-4-5-16(13-23)11-17(24)22-14-19(3)6-8-20-9-7-19/h15-16,20H,4-14H2,1-3H3,(H,21,25)(H,22,24). The number of carbonyl (C=O) groups is 2. The largest absolute Gasteiger partial charge is 0.356 e. The summed E-state index contributed by atoms with van der Waals surface area (Å²) in [4.78, 5) is 26.4. The summed E-state index contributed by atoms with van der Waals surface area (Å²) in [5.74, 6) is 0.861. The first kappa shape index (κ1) is 20.0. The third kappa shape index (κ3) is 6.84. The molecule has 6 nitrogen and oxygen atoms in total. The van der Waals surface area contributed by atoms with Crippen LogP contribution in [-0.2, 0) is 4.79 Å². The summed E-state index contributed by atoms with van der Waals surface area (Å²) >= 11 is 0. The normalized spacial score (nSPS) is 23.4. The van der Waals surface area contributed by atoms with Crippen LogP contribution in [0.3, 0.4) is 0 Å². The molecule has 0 aliphatic carbocycles. The van der Waals surface area contributed by atoms with Gasteiger partial charge in [-0.1, -0.05) is 20.8 Å². The van der Waals surface area contributed by atoms with Crippen LogP contribution in [0, 0.1) is 17.3 Å². The van der Waals surface area contributed by atoms with Crippen molar-refractivity contribution >= 4 is 11.9 Å². The molecule has 6 heteroatoms. The van der Waals surface area contributed by atoms with E-state index < -0.39 is 0 Å². The van der Waals surface area contributed by atoms with Crippen molar-refractivity contribution in [3.63, 3.8) is 0 Å². The number of hydrogen-bond donors (Lipinski definition) is 3. The minimum atomic E-state index is 0.0148. The number of rotatable bonds is 6. The van der Waals surface area contributed by atoms with Gasteiger partial charge in [0.1, 0.15) is 0 Å². The van der Waals surface area contributed by atoms with Crippen LogP contribution in [0.1, 0.15) is 52.9 Å². The van der Waals surface area contributed by atoms with Gasteiger partial charge in [-0.25, -0.2) is 4.79 Å². The summed E-state index contributed by atoms with van der Waals surface area (Å²) in [5.41, 5.74) is 0.218. The van der Waals surface area contributed by atoms with Crippen LogP contribution < -0.4 is 16.0 Å². The quantitative estimate of drug-likeness (QED) is 0.684. The van der Waals surface area contributed by atoms with E-state index in [2.05, 4.69) is 36.7 Å². The second-order valence-corrected chi connectivity index (χ2v) is 8.58. The molecule has 0 bridgehead atoms. The molecule has 0 aromatic carbocycles. The van der Waals surface area contributed by atoms with Crippen LogP contribution in [-0.4, -0.2) is 56.1 Å². The Morgan fingerprint density at radius 1 is 1.24 bits per heavy atom. The molecule has 0 aromatic rings. The highest BCUT2D eigenvalue weighted by atomic mass is 16.2. The fourth-order valence-electron chi connectivity index (χ4n) is 3.67. The average molecular weight is 353 g/mol. The maximum Gasteiger partial charge on any atom is 0.317 e. The van der Waals surface area contributed by atoms with Gasteiger partial charge in [0.15, 0.2) is 0 Å². The van der Waals surface area contributed by atoms with Gasteiger partial charge < -0.3 is 20.9 Å². The molecule has 1 atom stereocenters. The van der Waals surface area contributed by atoms with Crippen molar-refractivity contribution in [3.8, 4) is 0 Å². The van der Waals surface area contributed by atoms with Gasteiger partial charge in [0.05, 0.1) is 0 Å². The van der Waals surface area contributed by atoms with Gasteiger partial charge in [-0.05, 0) is 56.0 Å². The van der Waals surface area contributed by atoms with E-state index in [1.54, 1.807) is 0 Å². The molecule has 2 aliphatic heterocycles. The summed E-state index contributed by atoms with van der Waals surface area (Å²) in [5, 5.41) is 9.49. The lowest BCUT2D eigenvalue weighted by Gasteiger charge is -2.35. The molecule has 2 rings (SSSR count). The zero-order valence-electron chi connectivity index (χ0n) is 16.2. The van der Waals surface area contributed by atoms with Gasteiger partial charge in [-0.15, -0.1) is 0 Å². The number of nitrogens with zero attached hydrogens (tertiary/aromatic N) is 1. The predicted octanol–water partition coefficient (Wildman–Crippen LogP) is 1.96. The Kier molecular flexibility index (Phi) is 7.54. The maximum atomic E-state index is 12.3. The van der Waals surface area contributed by atoms with Gasteiger partial charge in [-0.3, -0.25) is 4.79 Å². The monoisotopic (exact) mass is 352 g/mol. The minimum absolute atomic E-state index is 0.0148. The lowest BCUT2D eigenvalue weighted by atomic mass is 9.81. The predicted molar refractivity (Wildman–Crippen MR) is 100 cm³/mol. The molecule has 144 valence electrons. The molecule has 0 spiro atoms. The van der Waals surface area contributed by atoms with Crippen LogP contribution in [0.4, 0.5) is 4.79 Å². The molecule has 1 unspecified atom stereocenters. The first-order valence-electron chi connectivity index (χ1n) is 9.88. The highest BCUT2D eigenvalue weighted by Crippen LogP contribution is 2.27. The molecular formula is C19H36N4O2. The summed E-state index contributed by atoms with van der Waals surface area (Å²) in [6.07, 6.45) is 4.77. The average Bonchev–Trinajstić information content (AvgIpc) is 2.59. The van der Waals surface area contributed by atoms with Crippen LogP contribution >= 0.6 is 0 Å². The smallest absolute Gasteiger partial charge is 0.317 e. The fraction of sp³-hybridized carbons (Fsp3) is 0.895. The van der Waals surface area contributed by atoms with Crippen LogP contribution in [0.25, 0.3) is 0 Å². The third-order valence-electron chi connectivity index (χ3n) is 5.46. The van der Waals surface area contributed by atoms with E-state index in [1.165, 1.54) is 0 Å². The van der Waals surface area contributed by atoms with Gasteiger partial charge in [0, 0.05) is 32.6 Å². The van der Waals surface area contributed by atoms with Crippen LogP contribution in [0.15, 0.2) is 0 Å². The molecule has 2 saturated heterocycles. The number of likely N-dealkylation sites (tertiary alicyclic amines) is 1. The van der Waals surface area contributed by atoms with E-state index in [1.807, 2.05) is 4.90 Å². The Hall–Kier alpha value is -1.30. The van der Waals surface area contributed by atoms with Gasteiger partial charge in [-0.2, -0.15) is 0 Å². The summed E-state index contributed by atoms with van der Waals surface area (Å²) in [6.45, 7) is 11.5. The van der Waals surface area contributed by atoms with Gasteiger partial charge >= 0.3 is 6.03 Å². The summed E-state index contributed by atoms with van der Waals surface area (Å²) in [6, 6.07) is 0.0148. The van der Waals surface area contributed by atoms with E-state index in [0.29, 0.717) is 25.4 Å². The highest BCUT2D eigenvalue weighted by molar-refractivity contribution is 5.77. The molecule has 3 N–H and O–H groups in total. The molecule has 2 aliphatic rings. The third-order valence-corrected chi connectivity index (χ3v) is 5.46. The Balaban J connectivity index is 1.71. The van der Waals surface area contributed by atoms with Crippen molar-refractivity contribution in [2.45, 2.75) is 52.9 Å². The second kappa shape index (κ2) is 9.41. The van der Waals surface area contributed by atoms with E-state index >= 15 is 0 Å². The van der Waals surface area contributed by atoms with Gasteiger partial charge in [0.2, 0.25) is 5.91 Å². The molecule has 2 fully saturated rings. The number of nitrogens with one attached hydrogen (secondary N) is 3. The van der Waals surface area contributed by atoms with Crippen LogP contribution in [0.2, 0.25) is 0 Å². The number of amides is 3. The van der Waals surface area contributed by atoms with E-state index in [4.69, 9.17) is 0 Å². The topological polar surface area (TPSA) is 73.5 Å².